The van der Waals surface area contributed by atoms with Gasteiger partial charge >= 0.3 is 0 Å². The maximum atomic E-state index is 13.5. The average molecular weight is 534 g/mol. The highest BCUT2D eigenvalue weighted by Gasteiger charge is 2.47. The van der Waals surface area contributed by atoms with Crippen molar-refractivity contribution in [3.8, 4) is 11.5 Å². The predicted molar refractivity (Wildman–Crippen MR) is 150 cm³/mol. The predicted octanol–water partition coefficient (Wildman–Crippen LogP) is 7.06. The molecule has 3 aromatic carbocycles. The smallest absolute Gasteiger partial charge is 0.300 e. The third kappa shape index (κ3) is 5.27. The van der Waals surface area contributed by atoms with Crippen LogP contribution in [0.2, 0.25) is 5.02 Å². The van der Waals surface area contributed by atoms with Gasteiger partial charge in [0, 0.05) is 11.3 Å². The number of rotatable bonds is 6. The van der Waals surface area contributed by atoms with Crippen LogP contribution in [-0.2, 0) is 15.0 Å². The summed E-state index contributed by atoms with van der Waals surface area (Å²) in [5, 5.41) is 11.7. The highest BCUT2D eigenvalue weighted by molar-refractivity contribution is 6.52. The van der Waals surface area contributed by atoms with Gasteiger partial charge in [-0.3, -0.25) is 14.5 Å². The quantitative estimate of drug-likeness (QED) is 0.208. The number of hydrogen-bond donors (Lipinski definition) is 1. The van der Waals surface area contributed by atoms with Gasteiger partial charge in [-0.2, -0.15) is 0 Å². The minimum atomic E-state index is -0.872. The lowest BCUT2D eigenvalue weighted by molar-refractivity contribution is -0.132. The molecule has 1 saturated heterocycles. The SMILES string of the molecule is COc1ccc(Cl)c(/C(O)=C2\C(=O)C(=O)N(c3ccc(OC(C)C)cc3)C2c2ccc(C(C)(C)C)cc2)c1. The van der Waals surface area contributed by atoms with Crippen molar-refractivity contribution in [2.24, 2.45) is 0 Å². The molecule has 0 aromatic heterocycles. The second-order valence-corrected chi connectivity index (χ2v) is 11.0. The van der Waals surface area contributed by atoms with E-state index in [9.17, 15) is 14.7 Å². The summed E-state index contributed by atoms with van der Waals surface area (Å²) in [5.74, 6) is -0.798. The molecule has 6 nitrogen and oxygen atoms in total. The molecule has 1 aliphatic heterocycles. The molecule has 198 valence electrons. The fraction of sp³-hybridized carbons (Fsp3) is 0.290. The Labute approximate surface area is 228 Å². The molecule has 4 rings (SSSR count). The van der Waals surface area contributed by atoms with Crippen molar-refractivity contribution in [1.82, 2.24) is 0 Å². The first-order chi connectivity index (χ1) is 17.9. The van der Waals surface area contributed by atoms with Crippen molar-refractivity contribution in [3.63, 3.8) is 0 Å². The number of hydrogen-bond acceptors (Lipinski definition) is 5. The maximum absolute atomic E-state index is 13.5. The van der Waals surface area contributed by atoms with Gasteiger partial charge in [0.05, 0.1) is 29.9 Å². The minimum absolute atomic E-state index is 0.0102. The van der Waals surface area contributed by atoms with Crippen molar-refractivity contribution in [2.45, 2.75) is 52.2 Å². The van der Waals surface area contributed by atoms with Crippen molar-refractivity contribution in [3.05, 3.63) is 94.0 Å². The Bertz CT molecular complexity index is 1390. The van der Waals surface area contributed by atoms with Gasteiger partial charge in [-0.25, -0.2) is 0 Å². The van der Waals surface area contributed by atoms with Gasteiger partial charge in [0.15, 0.2) is 0 Å². The molecule has 38 heavy (non-hydrogen) atoms. The van der Waals surface area contributed by atoms with Crippen LogP contribution in [0.25, 0.3) is 5.76 Å². The van der Waals surface area contributed by atoms with E-state index in [2.05, 4.69) is 20.8 Å². The molecule has 0 saturated carbocycles. The normalized spacial score (nSPS) is 17.3. The Morgan fingerprint density at radius 1 is 0.947 bits per heavy atom. The van der Waals surface area contributed by atoms with Gasteiger partial charge in [0.25, 0.3) is 11.7 Å². The highest BCUT2D eigenvalue weighted by atomic mass is 35.5. The Morgan fingerprint density at radius 3 is 2.11 bits per heavy atom. The van der Waals surface area contributed by atoms with Crippen molar-refractivity contribution < 1.29 is 24.2 Å². The average Bonchev–Trinajstić information content (AvgIpc) is 3.14. The van der Waals surface area contributed by atoms with Crippen LogP contribution < -0.4 is 14.4 Å². The summed E-state index contributed by atoms with van der Waals surface area (Å²) in [4.78, 5) is 28.4. The van der Waals surface area contributed by atoms with Crippen LogP contribution in [0.1, 0.15) is 57.4 Å². The van der Waals surface area contributed by atoms with Gasteiger partial charge in [-0.1, -0.05) is 56.6 Å². The van der Waals surface area contributed by atoms with Crippen LogP contribution in [-0.4, -0.2) is 30.0 Å². The summed E-state index contributed by atoms with van der Waals surface area (Å²) >= 11 is 6.41. The number of nitrogens with zero attached hydrogens (tertiary/aromatic N) is 1. The lowest BCUT2D eigenvalue weighted by Crippen LogP contribution is -2.29. The van der Waals surface area contributed by atoms with Crippen LogP contribution in [0, 0.1) is 0 Å². The number of halogens is 1. The number of aliphatic hydroxyl groups excluding tert-OH is 1. The summed E-state index contributed by atoms with van der Waals surface area (Å²) in [6, 6.07) is 18.6. The standard InChI is InChI=1S/C31H32ClNO5/c1-18(2)38-22-13-11-21(12-14-22)33-27(19-7-9-20(10-8-19)31(3,4)5)26(29(35)30(33)36)28(34)24-17-23(37-6)15-16-25(24)32/h7-18,27,34H,1-6H3/b28-26+. The highest BCUT2D eigenvalue weighted by Crippen LogP contribution is 2.44. The van der Waals surface area contributed by atoms with Crippen molar-refractivity contribution in [1.29, 1.82) is 0 Å². The van der Waals surface area contributed by atoms with E-state index in [0.717, 1.165) is 5.56 Å². The second-order valence-electron chi connectivity index (χ2n) is 10.5. The topological polar surface area (TPSA) is 76.1 Å². The van der Waals surface area contributed by atoms with Gasteiger partial charge in [0.1, 0.15) is 17.3 Å². The lowest BCUT2D eigenvalue weighted by Gasteiger charge is -2.27. The number of amides is 1. The van der Waals surface area contributed by atoms with E-state index in [0.29, 0.717) is 22.7 Å². The third-order valence-electron chi connectivity index (χ3n) is 6.45. The Kier molecular flexibility index (Phi) is 7.56. The molecular weight excluding hydrogens is 502 g/mol. The van der Waals surface area contributed by atoms with Crippen LogP contribution in [0.4, 0.5) is 5.69 Å². The van der Waals surface area contributed by atoms with Crippen molar-refractivity contribution >= 4 is 34.7 Å². The molecule has 1 amide bonds. The zero-order valence-electron chi connectivity index (χ0n) is 22.4. The first-order valence-electron chi connectivity index (χ1n) is 12.4. The molecule has 1 N–H and O–H groups in total. The summed E-state index contributed by atoms with van der Waals surface area (Å²) in [5.41, 5.74) is 2.37. The summed E-state index contributed by atoms with van der Waals surface area (Å²) < 4.78 is 11.0. The number of methoxy groups -OCH3 is 1. The van der Waals surface area contributed by atoms with Crippen LogP contribution in [0.5, 0.6) is 11.5 Å². The molecule has 1 fully saturated rings. The number of carbonyl (C=O) groups excluding carboxylic acids is 2. The van der Waals surface area contributed by atoms with Crippen LogP contribution >= 0.6 is 11.6 Å². The summed E-state index contributed by atoms with van der Waals surface area (Å²) in [6.45, 7) is 10.2. The second kappa shape index (κ2) is 10.5. The lowest BCUT2D eigenvalue weighted by atomic mass is 9.85. The minimum Gasteiger partial charge on any atom is -0.507 e. The molecule has 0 spiro atoms. The number of aliphatic hydroxyl groups is 1. The molecular formula is C31H32ClNO5. The van der Waals surface area contributed by atoms with Gasteiger partial charge < -0.3 is 14.6 Å². The molecule has 1 unspecified atom stereocenters. The number of ether oxygens (including phenoxy) is 2. The molecule has 0 bridgehead atoms. The molecule has 0 aliphatic carbocycles. The van der Waals surface area contributed by atoms with Crippen LogP contribution in [0.15, 0.2) is 72.3 Å². The summed E-state index contributed by atoms with van der Waals surface area (Å²) in [6.07, 6.45) is -0.0102. The number of Topliss-reactive ketones (excluding diaryl/α,β-unsaturated/α-hetero) is 1. The number of benzene rings is 3. The van der Waals surface area contributed by atoms with E-state index in [1.165, 1.54) is 12.0 Å². The Hall–Kier alpha value is -3.77. The van der Waals surface area contributed by atoms with Crippen LogP contribution in [0.3, 0.4) is 0 Å². The number of anilines is 1. The largest absolute Gasteiger partial charge is 0.507 e. The van der Waals surface area contributed by atoms with E-state index in [4.69, 9.17) is 21.1 Å². The summed E-state index contributed by atoms with van der Waals surface area (Å²) in [7, 11) is 1.50. The fourth-order valence-corrected chi connectivity index (χ4v) is 4.70. The Balaban J connectivity index is 1.91. The monoisotopic (exact) mass is 533 g/mol. The maximum Gasteiger partial charge on any atom is 0.300 e. The van der Waals surface area contributed by atoms with Gasteiger partial charge in [-0.15, -0.1) is 0 Å². The Morgan fingerprint density at radius 2 is 1.55 bits per heavy atom. The molecule has 1 aliphatic rings. The molecule has 1 atom stereocenters. The van der Waals surface area contributed by atoms with E-state index in [1.807, 2.05) is 38.1 Å². The first kappa shape index (κ1) is 27.3. The van der Waals surface area contributed by atoms with E-state index < -0.39 is 17.7 Å². The molecule has 3 aromatic rings. The zero-order chi connectivity index (χ0) is 27.8. The third-order valence-corrected chi connectivity index (χ3v) is 6.78. The van der Waals surface area contributed by atoms with E-state index in [-0.39, 0.29) is 33.4 Å². The van der Waals surface area contributed by atoms with E-state index in [1.54, 1.807) is 42.5 Å². The molecule has 7 heteroatoms. The molecule has 1 heterocycles. The molecule has 0 radical (unpaired) electrons. The first-order valence-corrected chi connectivity index (χ1v) is 12.8. The van der Waals surface area contributed by atoms with E-state index >= 15 is 0 Å². The van der Waals surface area contributed by atoms with Gasteiger partial charge in [-0.05, 0) is 72.9 Å². The zero-order valence-corrected chi connectivity index (χ0v) is 23.2. The van der Waals surface area contributed by atoms with Gasteiger partial charge in [0.2, 0.25) is 0 Å². The number of carbonyl (C=O) groups is 2. The fourth-order valence-electron chi connectivity index (χ4n) is 4.50. The number of ketones is 1. The van der Waals surface area contributed by atoms with Crippen molar-refractivity contribution in [2.75, 3.05) is 12.0 Å².